The van der Waals surface area contributed by atoms with E-state index in [1.54, 1.807) is 24.5 Å². The summed E-state index contributed by atoms with van der Waals surface area (Å²) in [7, 11) is -4.18. The second kappa shape index (κ2) is 7.63. The third-order valence-corrected chi connectivity index (χ3v) is 5.32. The Balaban J connectivity index is 1.99. The average Bonchev–Trinajstić information content (AvgIpc) is 3.15. The van der Waals surface area contributed by atoms with Gasteiger partial charge in [0, 0.05) is 25.0 Å². The Morgan fingerprint density at radius 2 is 1.62 bits per heavy atom. The molecule has 0 aliphatic heterocycles. The molecule has 3 aromatic rings. The smallest absolute Gasteiger partial charge is 0.326 e. The second-order valence-corrected chi connectivity index (χ2v) is 7.81. The van der Waals surface area contributed by atoms with Crippen molar-refractivity contribution in [3.8, 4) is 5.69 Å². The molecular weight excluding hydrogens is 407 g/mol. The van der Waals surface area contributed by atoms with Crippen LogP contribution in [0.1, 0.15) is 12.5 Å². The summed E-state index contributed by atoms with van der Waals surface area (Å²) in [5, 5.41) is 2.50. The van der Waals surface area contributed by atoms with Crippen LogP contribution in [0.15, 0.2) is 71.9 Å². The molecule has 6 nitrogen and oxygen atoms in total. The summed E-state index contributed by atoms with van der Waals surface area (Å²) in [5.74, 6) is -0.320. The van der Waals surface area contributed by atoms with Gasteiger partial charge in [0.2, 0.25) is 5.91 Å². The molecular formula is C19H16F3N3O3S. The van der Waals surface area contributed by atoms with Crippen molar-refractivity contribution in [3.63, 3.8) is 0 Å². The number of hydrogen-bond acceptors (Lipinski definition) is 3. The van der Waals surface area contributed by atoms with Gasteiger partial charge < -0.3 is 9.88 Å². The van der Waals surface area contributed by atoms with E-state index >= 15 is 0 Å². The zero-order valence-corrected chi connectivity index (χ0v) is 15.9. The molecule has 0 saturated heterocycles. The van der Waals surface area contributed by atoms with Crippen molar-refractivity contribution in [1.82, 2.24) is 4.57 Å². The van der Waals surface area contributed by atoms with Gasteiger partial charge in [-0.05, 0) is 54.6 Å². The first-order valence-corrected chi connectivity index (χ1v) is 9.80. The summed E-state index contributed by atoms with van der Waals surface area (Å²) in [6.45, 7) is 1.31. The molecule has 3 rings (SSSR count). The lowest BCUT2D eigenvalue weighted by atomic mass is 10.1. The van der Waals surface area contributed by atoms with Crippen LogP contribution in [0.3, 0.4) is 0 Å². The van der Waals surface area contributed by atoms with Crippen LogP contribution >= 0.6 is 0 Å². The van der Waals surface area contributed by atoms with Crippen molar-refractivity contribution < 1.29 is 26.4 Å². The van der Waals surface area contributed by atoms with E-state index in [9.17, 15) is 26.4 Å². The van der Waals surface area contributed by atoms with Crippen molar-refractivity contribution in [2.24, 2.45) is 0 Å². The Bertz CT molecular complexity index is 1120. The van der Waals surface area contributed by atoms with Crippen molar-refractivity contribution >= 4 is 27.3 Å². The Morgan fingerprint density at radius 1 is 1.00 bits per heavy atom. The van der Waals surface area contributed by atoms with E-state index in [1.165, 1.54) is 41.8 Å². The molecule has 10 heteroatoms. The highest BCUT2D eigenvalue weighted by Crippen LogP contribution is 2.34. The number of benzene rings is 2. The molecule has 0 saturated carbocycles. The summed E-state index contributed by atoms with van der Waals surface area (Å²) in [4.78, 5) is 10.9. The molecule has 0 atom stereocenters. The number of amides is 1. The Kier molecular flexibility index (Phi) is 5.38. The number of halogens is 3. The number of nitrogens with one attached hydrogen (secondary N) is 2. The summed E-state index contributed by atoms with van der Waals surface area (Å²) < 4.78 is 68.6. The first-order valence-electron chi connectivity index (χ1n) is 8.31. The fourth-order valence-corrected chi connectivity index (χ4v) is 3.70. The van der Waals surface area contributed by atoms with E-state index in [1.807, 2.05) is 0 Å². The molecule has 1 amide bonds. The van der Waals surface area contributed by atoms with Crippen LogP contribution in [0.4, 0.5) is 24.5 Å². The molecule has 0 aliphatic rings. The van der Waals surface area contributed by atoms with Gasteiger partial charge in [0.1, 0.15) is 0 Å². The molecule has 29 heavy (non-hydrogen) atoms. The SMILES string of the molecule is CC(=O)Nc1ccc(S(=O)(=O)Nc2cc(C(F)(F)F)ccc2-n2cccc2)cc1. The van der Waals surface area contributed by atoms with Gasteiger partial charge in [-0.15, -0.1) is 0 Å². The van der Waals surface area contributed by atoms with E-state index in [2.05, 4.69) is 10.0 Å². The Labute approximate surface area is 165 Å². The van der Waals surface area contributed by atoms with Crippen LogP contribution in [0.25, 0.3) is 5.69 Å². The van der Waals surface area contributed by atoms with Crippen molar-refractivity contribution in [2.45, 2.75) is 18.0 Å². The van der Waals surface area contributed by atoms with Gasteiger partial charge in [0.25, 0.3) is 10.0 Å². The summed E-state index contributed by atoms with van der Waals surface area (Å²) in [5.41, 5.74) is -0.570. The maximum Gasteiger partial charge on any atom is 0.416 e. The molecule has 0 unspecified atom stereocenters. The molecule has 2 N–H and O–H groups in total. The normalized spacial score (nSPS) is 11.9. The Hall–Kier alpha value is -3.27. The number of hydrogen-bond donors (Lipinski definition) is 2. The quantitative estimate of drug-likeness (QED) is 0.644. The molecule has 0 fully saturated rings. The van der Waals surface area contributed by atoms with Crippen LogP contribution in [0.2, 0.25) is 0 Å². The minimum atomic E-state index is -4.63. The van der Waals surface area contributed by atoms with Crippen LogP contribution in [0.5, 0.6) is 0 Å². The standard InChI is InChI=1S/C19H16F3N3O3S/c1-13(26)23-15-5-7-16(8-6-15)29(27,28)24-17-12-14(19(20,21)22)4-9-18(17)25-10-2-3-11-25/h2-12,24H,1H3,(H,23,26). The first-order chi connectivity index (χ1) is 13.6. The van der Waals surface area contributed by atoms with Gasteiger partial charge in [-0.25, -0.2) is 8.42 Å². The maximum absolute atomic E-state index is 13.1. The van der Waals surface area contributed by atoms with Gasteiger partial charge in [-0.1, -0.05) is 0 Å². The number of sulfonamides is 1. The highest BCUT2D eigenvalue weighted by atomic mass is 32.2. The number of rotatable bonds is 5. The number of nitrogens with zero attached hydrogens (tertiary/aromatic N) is 1. The minimum absolute atomic E-state index is 0.164. The average molecular weight is 423 g/mol. The van der Waals surface area contributed by atoms with Gasteiger partial charge in [0.15, 0.2) is 0 Å². The van der Waals surface area contributed by atoms with Crippen molar-refractivity contribution in [2.75, 3.05) is 10.0 Å². The molecule has 1 heterocycles. The number of anilines is 2. The fourth-order valence-electron chi connectivity index (χ4n) is 2.64. The topological polar surface area (TPSA) is 80.2 Å². The molecule has 1 aromatic heterocycles. The summed E-state index contributed by atoms with van der Waals surface area (Å²) in [6, 6.07) is 11.4. The van der Waals surface area contributed by atoms with Gasteiger partial charge in [-0.3, -0.25) is 9.52 Å². The number of carbonyl (C=O) groups is 1. The van der Waals surface area contributed by atoms with E-state index in [4.69, 9.17) is 0 Å². The maximum atomic E-state index is 13.1. The van der Waals surface area contributed by atoms with E-state index in [-0.39, 0.29) is 22.2 Å². The molecule has 0 bridgehead atoms. The van der Waals surface area contributed by atoms with Crippen LogP contribution < -0.4 is 10.0 Å². The fraction of sp³-hybridized carbons (Fsp3) is 0.105. The molecule has 0 spiro atoms. The van der Waals surface area contributed by atoms with E-state index in [0.717, 1.165) is 12.1 Å². The lowest BCUT2D eigenvalue weighted by Gasteiger charge is -2.16. The molecule has 152 valence electrons. The number of aromatic nitrogens is 1. The zero-order chi connectivity index (χ0) is 21.2. The van der Waals surface area contributed by atoms with Gasteiger partial charge >= 0.3 is 6.18 Å². The third kappa shape index (κ3) is 4.77. The third-order valence-electron chi connectivity index (χ3n) is 3.94. The summed E-state index contributed by atoms with van der Waals surface area (Å²) in [6.07, 6.45) is -1.46. The van der Waals surface area contributed by atoms with Crippen LogP contribution in [-0.4, -0.2) is 18.9 Å². The highest BCUT2D eigenvalue weighted by Gasteiger charge is 2.31. The first kappa shape index (κ1) is 20.5. The van der Waals surface area contributed by atoms with Crippen LogP contribution in [0, 0.1) is 0 Å². The highest BCUT2D eigenvalue weighted by molar-refractivity contribution is 7.92. The van der Waals surface area contributed by atoms with Crippen LogP contribution in [-0.2, 0) is 21.0 Å². The lowest BCUT2D eigenvalue weighted by molar-refractivity contribution is -0.137. The van der Waals surface area contributed by atoms with E-state index in [0.29, 0.717) is 5.69 Å². The molecule has 0 aliphatic carbocycles. The number of carbonyl (C=O) groups excluding carboxylic acids is 1. The second-order valence-electron chi connectivity index (χ2n) is 6.13. The van der Waals surface area contributed by atoms with Crippen molar-refractivity contribution in [1.29, 1.82) is 0 Å². The lowest BCUT2D eigenvalue weighted by Crippen LogP contribution is -2.16. The van der Waals surface area contributed by atoms with Gasteiger partial charge in [-0.2, -0.15) is 13.2 Å². The minimum Gasteiger partial charge on any atom is -0.326 e. The monoisotopic (exact) mass is 423 g/mol. The predicted octanol–water partition coefficient (Wildman–Crippen LogP) is 4.26. The predicted molar refractivity (Wildman–Crippen MR) is 102 cm³/mol. The van der Waals surface area contributed by atoms with E-state index < -0.39 is 21.8 Å². The summed E-state index contributed by atoms with van der Waals surface area (Å²) >= 11 is 0. The number of alkyl halides is 3. The largest absolute Gasteiger partial charge is 0.416 e. The zero-order valence-electron chi connectivity index (χ0n) is 15.1. The molecule has 2 aromatic carbocycles. The van der Waals surface area contributed by atoms with Crippen molar-refractivity contribution in [3.05, 3.63) is 72.6 Å². The molecule has 0 radical (unpaired) electrons. The Morgan fingerprint density at radius 3 is 2.17 bits per heavy atom. The van der Waals surface area contributed by atoms with Gasteiger partial charge in [0.05, 0.1) is 21.8 Å².